The van der Waals surface area contributed by atoms with E-state index in [0.717, 1.165) is 5.01 Å². The zero-order chi connectivity index (χ0) is 30.2. The minimum Gasteiger partial charge on any atom is -0.368 e. The number of hydrogen-bond acceptors (Lipinski definition) is 6. The number of carbonyl (C=O) groups is 3. The summed E-state index contributed by atoms with van der Waals surface area (Å²) >= 11 is 0. The van der Waals surface area contributed by atoms with Crippen LogP contribution >= 0.6 is 0 Å². The Hall–Kier alpha value is -5.38. The third-order valence-electron chi connectivity index (χ3n) is 6.96. The highest BCUT2D eigenvalue weighted by molar-refractivity contribution is 6.06. The third kappa shape index (κ3) is 7.48. The van der Waals surface area contributed by atoms with Gasteiger partial charge in [0, 0.05) is 39.7 Å². The van der Waals surface area contributed by atoms with Crippen LogP contribution in [0.2, 0.25) is 0 Å². The van der Waals surface area contributed by atoms with E-state index in [-0.39, 0.29) is 23.8 Å². The van der Waals surface area contributed by atoms with Crippen LogP contribution in [0.4, 0.5) is 11.4 Å². The highest BCUT2D eigenvalue weighted by Crippen LogP contribution is 2.21. The summed E-state index contributed by atoms with van der Waals surface area (Å²) < 4.78 is 0. The van der Waals surface area contributed by atoms with Crippen LogP contribution in [0.15, 0.2) is 126 Å². The van der Waals surface area contributed by atoms with Gasteiger partial charge in [0.25, 0.3) is 17.7 Å². The molecule has 0 fully saturated rings. The van der Waals surface area contributed by atoms with E-state index in [1.54, 1.807) is 91.0 Å². The van der Waals surface area contributed by atoms with Crippen LogP contribution < -0.4 is 21.5 Å². The number of amides is 3. The monoisotopic (exact) mass is 573 g/mol. The Morgan fingerprint density at radius 2 is 1.47 bits per heavy atom. The van der Waals surface area contributed by atoms with Crippen molar-refractivity contribution in [3.8, 4) is 0 Å². The summed E-state index contributed by atoms with van der Waals surface area (Å²) in [6, 6.07) is 30.8. The van der Waals surface area contributed by atoms with Gasteiger partial charge < -0.3 is 15.7 Å². The molecule has 2 atom stereocenters. The number of rotatable bonds is 8. The van der Waals surface area contributed by atoms with Crippen molar-refractivity contribution in [2.75, 3.05) is 10.3 Å². The molecule has 0 bridgehead atoms. The molecule has 0 saturated heterocycles. The van der Waals surface area contributed by atoms with Crippen molar-refractivity contribution >= 4 is 34.8 Å². The largest absolute Gasteiger partial charge is 0.368 e. The second kappa shape index (κ2) is 13.5. The fourth-order valence-electron chi connectivity index (χ4n) is 4.60. The fraction of sp³-hybridized carbons (Fsp3) is 0.118. The molecule has 5 N–H and O–H groups in total. The predicted molar refractivity (Wildman–Crippen MR) is 167 cm³/mol. The number of carbonyl (C=O) groups excluding carboxylic acids is 3. The zero-order valence-electron chi connectivity index (χ0n) is 23.3. The standard InChI is InChI=1S/C34H31N5O4/c35-39(34(43)24-10-5-2-6-11-24)30-20-18-29(19-21-30)38-33(42)26-13-7-12-25(22-26)32(41)37-28-16-14-27(15-17-28)36-31(40)23-8-3-1-4-9-23/h1-14,16,18-22,27,32,41H,15,17,35H2,(H,36,40)(H,38,42). The van der Waals surface area contributed by atoms with E-state index in [9.17, 15) is 19.5 Å². The van der Waals surface area contributed by atoms with Crippen LogP contribution in [0, 0.1) is 0 Å². The van der Waals surface area contributed by atoms with Gasteiger partial charge in [0.15, 0.2) is 6.23 Å². The Labute approximate surface area is 249 Å². The number of nitrogens with zero attached hydrogens (tertiary/aromatic N) is 2. The lowest BCUT2D eigenvalue weighted by Gasteiger charge is -2.20. The van der Waals surface area contributed by atoms with Crippen molar-refractivity contribution in [1.82, 2.24) is 5.32 Å². The van der Waals surface area contributed by atoms with Gasteiger partial charge in [-0.05, 0) is 79.6 Å². The summed E-state index contributed by atoms with van der Waals surface area (Å²) in [5.74, 6) is 5.16. The van der Waals surface area contributed by atoms with Gasteiger partial charge in [-0.25, -0.2) is 10.9 Å². The summed E-state index contributed by atoms with van der Waals surface area (Å²) in [5, 5.41) is 17.6. The third-order valence-corrected chi connectivity index (χ3v) is 6.96. The van der Waals surface area contributed by atoms with Gasteiger partial charge in [0.05, 0.1) is 5.69 Å². The normalized spacial score (nSPS) is 15.9. The molecule has 1 aliphatic rings. The van der Waals surface area contributed by atoms with E-state index in [1.165, 1.54) is 0 Å². The van der Waals surface area contributed by atoms with Crippen LogP contribution in [0.5, 0.6) is 0 Å². The smallest absolute Gasteiger partial charge is 0.272 e. The van der Waals surface area contributed by atoms with Gasteiger partial charge in [-0.2, -0.15) is 0 Å². The van der Waals surface area contributed by atoms with Gasteiger partial charge in [-0.15, -0.1) is 0 Å². The molecule has 0 aromatic heterocycles. The molecule has 43 heavy (non-hydrogen) atoms. The number of aliphatic hydroxyl groups excluding tert-OH is 1. The SMILES string of the molecule is NN(C(=O)c1ccccc1)c1ccc(NC(=O)c2cccc(C(O)N=C3C=CC(NC(=O)c4ccccc4)CC3)c2)cc1. The Morgan fingerprint density at radius 1 is 0.814 bits per heavy atom. The Bertz CT molecular complexity index is 1650. The van der Waals surface area contributed by atoms with Crippen LogP contribution in [0.1, 0.15) is 55.7 Å². The fourth-order valence-corrected chi connectivity index (χ4v) is 4.60. The average Bonchev–Trinajstić information content (AvgIpc) is 3.06. The molecule has 0 spiro atoms. The summed E-state index contributed by atoms with van der Waals surface area (Å²) in [5.41, 5.74) is 3.58. The minimum atomic E-state index is -1.15. The number of aliphatic hydroxyl groups is 1. The lowest BCUT2D eigenvalue weighted by molar-refractivity contribution is 0.0941. The van der Waals surface area contributed by atoms with Gasteiger partial charge in [-0.1, -0.05) is 54.6 Å². The Kier molecular flexibility index (Phi) is 9.16. The van der Waals surface area contributed by atoms with Gasteiger partial charge in [0.1, 0.15) is 0 Å². The maximum atomic E-state index is 13.0. The van der Waals surface area contributed by atoms with Crippen molar-refractivity contribution in [3.05, 3.63) is 144 Å². The highest BCUT2D eigenvalue weighted by atomic mass is 16.3. The summed E-state index contributed by atoms with van der Waals surface area (Å²) in [4.78, 5) is 42.4. The Morgan fingerprint density at radius 3 is 2.12 bits per heavy atom. The molecule has 0 radical (unpaired) electrons. The van der Waals surface area contributed by atoms with Crippen molar-refractivity contribution in [2.45, 2.75) is 25.1 Å². The summed E-state index contributed by atoms with van der Waals surface area (Å²) in [6.45, 7) is 0. The number of nitrogens with one attached hydrogen (secondary N) is 2. The number of hydrazine groups is 1. The first-order valence-electron chi connectivity index (χ1n) is 13.8. The molecular formula is C34H31N5O4. The maximum Gasteiger partial charge on any atom is 0.272 e. The van der Waals surface area contributed by atoms with Crippen molar-refractivity contribution in [2.24, 2.45) is 10.8 Å². The average molecular weight is 574 g/mol. The quantitative estimate of drug-likeness (QED) is 0.133. The number of allylic oxidation sites excluding steroid dienone is 1. The zero-order valence-corrected chi connectivity index (χ0v) is 23.3. The molecule has 3 amide bonds. The molecule has 9 nitrogen and oxygen atoms in total. The molecule has 0 saturated carbocycles. The first-order chi connectivity index (χ1) is 20.9. The van der Waals surface area contributed by atoms with Crippen molar-refractivity contribution < 1.29 is 19.5 Å². The first-order valence-corrected chi connectivity index (χ1v) is 13.8. The van der Waals surface area contributed by atoms with E-state index in [4.69, 9.17) is 5.84 Å². The molecule has 9 heteroatoms. The van der Waals surface area contributed by atoms with Crippen LogP contribution in [-0.4, -0.2) is 34.6 Å². The van der Waals surface area contributed by atoms with E-state index in [0.29, 0.717) is 52.2 Å². The topological polar surface area (TPSA) is 137 Å². The molecule has 0 aliphatic heterocycles. The van der Waals surface area contributed by atoms with Gasteiger partial charge in [-0.3, -0.25) is 19.4 Å². The molecule has 4 aromatic carbocycles. The number of benzene rings is 4. The van der Waals surface area contributed by atoms with Crippen LogP contribution in [0.3, 0.4) is 0 Å². The second-order valence-electron chi connectivity index (χ2n) is 10.0. The Balaban J connectivity index is 1.18. The number of nitrogens with two attached hydrogens (primary N) is 1. The minimum absolute atomic E-state index is 0.123. The molecule has 2 unspecified atom stereocenters. The maximum absolute atomic E-state index is 13.0. The lowest BCUT2D eigenvalue weighted by atomic mass is 10.0. The molecular weight excluding hydrogens is 542 g/mol. The molecule has 216 valence electrons. The molecule has 0 heterocycles. The highest BCUT2D eigenvalue weighted by Gasteiger charge is 2.18. The summed E-state index contributed by atoms with van der Waals surface area (Å²) in [7, 11) is 0. The predicted octanol–water partition coefficient (Wildman–Crippen LogP) is 5.04. The molecule has 1 aliphatic carbocycles. The van der Waals surface area contributed by atoms with Crippen LogP contribution in [-0.2, 0) is 0 Å². The number of anilines is 2. The number of aliphatic imine (C=N–C) groups is 1. The first kappa shape index (κ1) is 29.1. The van der Waals surface area contributed by atoms with Crippen LogP contribution in [0.25, 0.3) is 0 Å². The number of hydrogen-bond donors (Lipinski definition) is 4. The van der Waals surface area contributed by atoms with E-state index >= 15 is 0 Å². The van der Waals surface area contributed by atoms with E-state index in [1.807, 2.05) is 30.3 Å². The van der Waals surface area contributed by atoms with Crippen molar-refractivity contribution in [3.63, 3.8) is 0 Å². The van der Waals surface area contributed by atoms with Gasteiger partial charge >= 0.3 is 0 Å². The molecule has 5 rings (SSSR count). The second-order valence-corrected chi connectivity index (χ2v) is 10.0. The summed E-state index contributed by atoms with van der Waals surface area (Å²) in [6.07, 6.45) is 3.76. The van der Waals surface area contributed by atoms with E-state index < -0.39 is 6.23 Å². The van der Waals surface area contributed by atoms with Crippen molar-refractivity contribution in [1.29, 1.82) is 0 Å². The molecule has 4 aromatic rings. The lowest BCUT2D eigenvalue weighted by Crippen LogP contribution is -2.37. The van der Waals surface area contributed by atoms with E-state index in [2.05, 4.69) is 15.6 Å². The van der Waals surface area contributed by atoms with Gasteiger partial charge in [0.2, 0.25) is 0 Å².